The topological polar surface area (TPSA) is 89.0 Å². The molecule has 0 radical (unpaired) electrons. The van der Waals surface area contributed by atoms with Crippen LogP contribution in [0.4, 0.5) is 16.5 Å². The highest BCUT2D eigenvalue weighted by molar-refractivity contribution is 7.85. The minimum Gasteiger partial charge on any atom is -0.748 e. The van der Waals surface area contributed by atoms with Gasteiger partial charge >= 0.3 is 5.13 Å². The van der Waals surface area contributed by atoms with Crippen LogP contribution in [-0.2, 0) is 23.2 Å². The largest absolute Gasteiger partial charge is 0.748 e. The van der Waals surface area contributed by atoms with E-state index in [1.54, 1.807) is 11.3 Å². The summed E-state index contributed by atoms with van der Waals surface area (Å²) in [7, 11) is -4.17. The molecule has 7 nitrogen and oxygen atoms in total. The van der Waals surface area contributed by atoms with Crippen molar-refractivity contribution in [2.24, 2.45) is 10.2 Å². The van der Waals surface area contributed by atoms with Gasteiger partial charge in [0.1, 0.15) is 11.4 Å². The van der Waals surface area contributed by atoms with Crippen LogP contribution in [0.15, 0.2) is 64.8 Å². The zero-order valence-electron chi connectivity index (χ0n) is 19.3. The predicted octanol–water partition coefficient (Wildman–Crippen LogP) is 5.42. The Balaban J connectivity index is 1.67. The first-order valence-electron chi connectivity index (χ1n) is 11.0. The second kappa shape index (κ2) is 11.5. The molecule has 0 aliphatic heterocycles. The smallest absolute Gasteiger partial charge is 0.408 e. The Morgan fingerprint density at radius 2 is 1.70 bits per heavy atom. The average Bonchev–Trinajstić information content (AvgIpc) is 3.07. The lowest BCUT2D eigenvalue weighted by Crippen LogP contribution is -2.35. The second-order valence-corrected chi connectivity index (χ2v) is 10.6. The molecule has 0 unspecified atom stereocenters. The van der Waals surface area contributed by atoms with Crippen molar-refractivity contribution in [2.75, 3.05) is 17.2 Å². The monoisotopic (exact) mass is 486 g/mol. The highest BCUT2D eigenvalue weighted by atomic mass is 32.2. The lowest BCUT2D eigenvalue weighted by atomic mass is 10.2. The molecule has 0 aliphatic carbocycles. The van der Waals surface area contributed by atoms with Crippen molar-refractivity contribution >= 4 is 38.0 Å². The summed E-state index contributed by atoms with van der Waals surface area (Å²) in [5.41, 5.74) is 4.24. The lowest BCUT2D eigenvalue weighted by Gasteiger charge is -2.23. The molecule has 176 valence electrons. The zero-order valence-corrected chi connectivity index (χ0v) is 20.9. The van der Waals surface area contributed by atoms with Crippen molar-refractivity contribution in [3.63, 3.8) is 0 Å². The number of rotatable bonds is 11. The molecule has 1 heterocycles. The average molecular weight is 487 g/mol. The Hall–Kier alpha value is -2.62. The van der Waals surface area contributed by atoms with Gasteiger partial charge in [-0.3, -0.25) is 0 Å². The normalized spacial score (nSPS) is 11.9. The summed E-state index contributed by atoms with van der Waals surface area (Å²) in [6.45, 7) is 8.53. The second-order valence-electron chi connectivity index (χ2n) is 7.86. The number of azo groups is 1. The maximum Gasteiger partial charge on any atom is 0.408 e. The number of nitrogens with zero attached hydrogens (tertiary/aromatic N) is 4. The number of aromatic nitrogens is 1. The molecule has 0 atom stereocenters. The summed E-state index contributed by atoms with van der Waals surface area (Å²) in [5, 5.41) is 9.64. The van der Waals surface area contributed by atoms with Crippen molar-refractivity contribution < 1.29 is 17.5 Å². The maximum absolute atomic E-state index is 10.8. The van der Waals surface area contributed by atoms with Gasteiger partial charge < -0.3 is 9.45 Å². The highest BCUT2D eigenvalue weighted by Gasteiger charge is 2.19. The van der Waals surface area contributed by atoms with Crippen LogP contribution in [0.25, 0.3) is 0 Å². The Morgan fingerprint density at radius 1 is 1.00 bits per heavy atom. The van der Waals surface area contributed by atoms with Gasteiger partial charge in [-0.1, -0.05) is 30.3 Å². The van der Waals surface area contributed by atoms with Crippen LogP contribution in [0, 0.1) is 13.8 Å². The molecule has 0 bridgehead atoms. The van der Waals surface area contributed by atoms with E-state index in [9.17, 15) is 13.0 Å². The summed E-state index contributed by atoms with van der Waals surface area (Å²) >= 11 is 1.55. The minimum atomic E-state index is -4.17. The van der Waals surface area contributed by atoms with Gasteiger partial charge in [0.15, 0.2) is 0 Å². The number of hydrogen-bond acceptors (Lipinski definition) is 7. The third kappa shape index (κ3) is 7.45. The van der Waals surface area contributed by atoms with Crippen molar-refractivity contribution in [1.29, 1.82) is 0 Å². The zero-order chi connectivity index (χ0) is 23.8. The third-order valence-corrected chi connectivity index (χ3v) is 7.35. The third-order valence-electron chi connectivity index (χ3n) is 5.48. The van der Waals surface area contributed by atoms with E-state index in [-0.39, 0.29) is 5.75 Å². The van der Waals surface area contributed by atoms with Crippen LogP contribution in [-0.4, -0.2) is 25.3 Å². The Morgan fingerprint density at radius 3 is 2.33 bits per heavy atom. The summed E-state index contributed by atoms with van der Waals surface area (Å²) < 4.78 is 34.5. The van der Waals surface area contributed by atoms with Crippen molar-refractivity contribution in [3.8, 4) is 0 Å². The summed E-state index contributed by atoms with van der Waals surface area (Å²) in [6, 6.07) is 18.4. The highest BCUT2D eigenvalue weighted by Crippen LogP contribution is 2.26. The van der Waals surface area contributed by atoms with Gasteiger partial charge in [-0.05, 0) is 79.9 Å². The van der Waals surface area contributed by atoms with Gasteiger partial charge in [0.05, 0.1) is 26.7 Å². The van der Waals surface area contributed by atoms with E-state index in [2.05, 4.69) is 58.5 Å². The fourth-order valence-corrected chi connectivity index (χ4v) is 5.02. The van der Waals surface area contributed by atoms with Crippen LogP contribution >= 0.6 is 11.3 Å². The van der Waals surface area contributed by atoms with Gasteiger partial charge in [-0.2, -0.15) is 0 Å². The molecule has 0 N–H and O–H groups in total. The first kappa shape index (κ1) is 25.0. The van der Waals surface area contributed by atoms with Crippen molar-refractivity contribution in [2.45, 2.75) is 46.7 Å². The maximum atomic E-state index is 10.8. The molecule has 0 fully saturated rings. The lowest BCUT2D eigenvalue weighted by molar-refractivity contribution is -0.686. The van der Waals surface area contributed by atoms with Crippen molar-refractivity contribution in [3.05, 3.63) is 70.7 Å². The number of benzene rings is 2. The van der Waals surface area contributed by atoms with Crippen molar-refractivity contribution in [1.82, 2.24) is 0 Å². The molecular formula is C24H30N4O3S2. The molecule has 0 saturated heterocycles. The molecule has 0 spiro atoms. The summed E-state index contributed by atoms with van der Waals surface area (Å²) in [5.74, 6) is -0.335. The van der Waals surface area contributed by atoms with E-state index in [4.69, 9.17) is 0 Å². The van der Waals surface area contributed by atoms with E-state index in [1.807, 2.05) is 36.6 Å². The molecule has 1 aromatic heterocycles. The number of unbranched alkanes of at least 4 members (excludes halogenated alkanes) is 1. The number of hydrogen-bond donors (Lipinski definition) is 0. The van der Waals surface area contributed by atoms with Gasteiger partial charge in [0, 0.05) is 24.5 Å². The molecule has 33 heavy (non-hydrogen) atoms. The first-order chi connectivity index (χ1) is 15.8. The standard InChI is InChI=1S/C24H30N4O3S2/c1-4-27(18-21-10-6-5-7-11-21)23-14-12-22(13-15-23)25-26-24-28(19(2)20(3)32-24)16-8-9-17-33(29,30)31/h5-7,10-15H,4,8-9,16-18H2,1-3H3. The fraction of sp³-hybridized carbons (Fsp3) is 0.375. The molecular weight excluding hydrogens is 456 g/mol. The number of thiazole rings is 1. The molecule has 0 amide bonds. The summed E-state index contributed by atoms with van der Waals surface area (Å²) in [4.78, 5) is 3.44. The van der Waals surface area contributed by atoms with E-state index in [1.165, 1.54) is 5.56 Å². The van der Waals surface area contributed by atoms with Gasteiger partial charge in [-0.25, -0.2) is 13.0 Å². The number of aryl methyl sites for hydroxylation is 1. The Bertz CT molecular complexity index is 1170. The van der Waals surface area contributed by atoms with Gasteiger partial charge in [-0.15, -0.1) is 0 Å². The van der Waals surface area contributed by atoms with Crippen LogP contribution in [0.3, 0.4) is 0 Å². The van der Waals surface area contributed by atoms with E-state index in [0.29, 0.717) is 19.4 Å². The molecule has 0 saturated carbocycles. The van der Waals surface area contributed by atoms with E-state index < -0.39 is 10.1 Å². The molecule has 0 aliphatic rings. The minimum absolute atomic E-state index is 0.335. The SMILES string of the molecule is CCN(Cc1ccccc1)c1ccc(N=Nc2sc(C)c(C)[n+]2CCCCS(=O)(=O)[O-])cc1. The van der Waals surface area contributed by atoms with Crippen LogP contribution in [0.2, 0.25) is 0 Å². The number of anilines is 1. The van der Waals surface area contributed by atoms with Gasteiger partial charge in [0.25, 0.3) is 0 Å². The molecule has 3 rings (SSSR count). The quantitative estimate of drug-likeness (QED) is 0.157. The molecule has 2 aromatic carbocycles. The summed E-state index contributed by atoms with van der Waals surface area (Å²) in [6.07, 6.45) is 0.927. The Kier molecular flexibility index (Phi) is 8.71. The van der Waals surface area contributed by atoms with E-state index >= 15 is 0 Å². The first-order valence-corrected chi connectivity index (χ1v) is 13.4. The van der Waals surface area contributed by atoms with E-state index in [0.717, 1.165) is 40.2 Å². The van der Waals surface area contributed by atoms with Gasteiger partial charge in [0.2, 0.25) is 0 Å². The van der Waals surface area contributed by atoms with Crippen LogP contribution in [0.5, 0.6) is 0 Å². The fourth-order valence-electron chi connectivity index (χ4n) is 3.51. The molecule has 3 aromatic rings. The van der Waals surface area contributed by atoms with Crippen LogP contribution < -0.4 is 9.47 Å². The van der Waals surface area contributed by atoms with Crippen LogP contribution in [0.1, 0.15) is 35.9 Å². The Labute approximate surface area is 200 Å². The molecule has 9 heteroatoms. The predicted molar refractivity (Wildman–Crippen MR) is 132 cm³/mol.